The van der Waals surface area contributed by atoms with Crippen LogP contribution < -0.4 is 10.3 Å². The number of nitrogens with one attached hydrogen (secondary N) is 1. The Balaban J connectivity index is 1.83. The van der Waals surface area contributed by atoms with Gasteiger partial charge in [-0.3, -0.25) is 4.79 Å². The number of rotatable bonds is 9. The summed E-state index contributed by atoms with van der Waals surface area (Å²) in [5.41, 5.74) is 1.08. The first-order valence-electron chi connectivity index (χ1n) is 11.7. The van der Waals surface area contributed by atoms with Crippen LogP contribution in [0.3, 0.4) is 0 Å². The molecule has 1 saturated heterocycles. The number of aryl methyl sites for hydroxylation is 2. The van der Waals surface area contributed by atoms with Crippen LogP contribution in [0.1, 0.15) is 44.6 Å². The van der Waals surface area contributed by atoms with E-state index in [2.05, 4.69) is 22.0 Å². The molecule has 0 amide bonds. The normalized spacial score (nSPS) is 15.1. The van der Waals surface area contributed by atoms with Crippen LogP contribution in [0.5, 0.6) is 5.75 Å². The maximum absolute atomic E-state index is 13.2. The van der Waals surface area contributed by atoms with E-state index in [1.54, 1.807) is 17.5 Å². The Kier molecular flexibility index (Phi) is 7.34. The Labute approximate surface area is 199 Å². The number of hydrogen-bond donors (Lipinski definition) is 1. The SMILES string of the molecule is CCCCCc1nc(C)c2c(=O)[nH]c(-c3cc(S(=O)(=O)N4CCOCC4)ccc3OCC)nn12. The van der Waals surface area contributed by atoms with E-state index in [0.717, 1.165) is 19.3 Å². The van der Waals surface area contributed by atoms with E-state index in [-0.39, 0.29) is 16.3 Å². The van der Waals surface area contributed by atoms with E-state index < -0.39 is 10.0 Å². The maximum Gasteiger partial charge on any atom is 0.277 e. The Hall–Kier alpha value is -2.76. The fraction of sp³-hybridized carbons (Fsp3) is 0.522. The number of aromatic amines is 1. The zero-order chi connectivity index (χ0) is 24.3. The van der Waals surface area contributed by atoms with Crippen LogP contribution in [0.4, 0.5) is 0 Å². The highest BCUT2D eigenvalue weighted by Gasteiger charge is 2.28. The van der Waals surface area contributed by atoms with Crippen molar-refractivity contribution in [1.82, 2.24) is 23.9 Å². The van der Waals surface area contributed by atoms with Crippen LogP contribution in [0.2, 0.25) is 0 Å². The molecule has 2 aromatic heterocycles. The van der Waals surface area contributed by atoms with Gasteiger partial charge in [0.2, 0.25) is 10.0 Å². The summed E-state index contributed by atoms with van der Waals surface area (Å²) in [4.78, 5) is 20.5. The number of hydrogen-bond acceptors (Lipinski definition) is 7. The molecule has 11 heteroatoms. The monoisotopic (exact) mass is 489 g/mol. The van der Waals surface area contributed by atoms with E-state index >= 15 is 0 Å². The van der Waals surface area contributed by atoms with Gasteiger partial charge in [-0.2, -0.15) is 4.31 Å². The van der Waals surface area contributed by atoms with Gasteiger partial charge in [0, 0.05) is 19.5 Å². The number of fused-ring (bicyclic) bond motifs is 1. The second kappa shape index (κ2) is 10.2. The van der Waals surface area contributed by atoms with Gasteiger partial charge < -0.3 is 14.5 Å². The van der Waals surface area contributed by atoms with Gasteiger partial charge in [0.15, 0.2) is 11.3 Å². The molecule has 1 aliphatic heterocycles. The molecule has 0 radical (unpaired) electrons. The Morgan fingerprint density at radius 2 is 1.94 bits per heavy atom. The largest absolute Gasteiger partial charge is 0.493 e. The third kappa shape index (κ3) is 4.73. The summed E-state index contributed by atoms with van der Waals surface area (Å²) in [6.45, 7) is 7.43. The standard InChI is InChI=1S/C23H31N5O5S/c1-4-6-7-8-20-24-16(3)21-23(29)25-22(26-28(20)21)18-15-17(9-10-19(18)33-5-2)34(30,31)27-11-13-32-14-12-27/h9-10,15H,4-8,11-14H2,1-3H3,(H,25,26,29). The first-order valence-corrected chi connectivity index (χ1v) is 13.1. The maximum atomic E-state index is 13.2. The molecule has 0 unspecified atom stereocenters. The lowest BCUT2D eigenvalue weighted by Gasteiger charge is -2.26. The molecule has 0 atom stereocenters. The van der Waals surface area contributed by atoms with Crippen LogP contribution in [-0.4, -0.2) is 65.2 Å². The first-order chi connectivity index (χ1) is 16.4. The Morgan fingerprint density at radius 3 is 2.65 bits per heavy atom. The Morgan fingerprint density at radius 1 is 1.18 bits per heavy atom. The van der Waals surface area contributed by atoms with E-state index in [1.807, 2.05) is 6.92 Å². The van der Waals surface area contributed by atoms with Crippen LogP contribution in [-0.2, 0) is 21.2 Å². The molecule has 0 spiro atoms. The molecule has 3 heterocycles. The van der Waals surface area contributed by atoms with Crippen LogP contribution in [0, 0.1) is 6.92 Å². The first kappa shape index (κ1) is 24.4. The van der Waals surface area contributed by atoms with Crippen molar-refractivity contribution >= 4 is 15.5 Å². The third-order valence-electron chi connectivity index (χ3n) is 5.86. The number of morpholine rings is 1. The second-order valence-corrected chi connectivity index (χ2v) is 10.2. The number of benzene rings is 1. The number of aromatic nitrogens is 4. The van der Waals surface area contributed by atoms with Gasteiger partial charge in [-0.05, 0) is 38.5 Å². The van der Waals surface area contributed by atoms with Crippen molar-refractivity contribution in [2.24, 2.45) is 0 Å². The number of nitrogens with zero attached hydrogens (tertiary/aromatic N) is 4. The minimum atomic E-state index is -3.74. The summed E-state index contributed by atoms with van der Waals surface area (Å²) in [6, 6.07) is 4.64. The highest BCUT2D eigenvalue weighted by atomic mass is 32.2. The lowest BCUT2D eigenvalue weighted by Crippen LogP contribution is -2.40. The second-order valence-electron chi connectivity index (χ2n) is 8.24. The molecule has 4 rings (SSSR count). The van der Waals surface area contributed by atoms with E-state index in [0.29, 0.717) is 67.7 Å². The average Bonchev–Trinajstić information content (AvgIpc) is 3.16. The van der Waals surface area contributed by atoms with Crippen molar-refractivity contribution in [3.8, 4) is 17.1 Å². The molecule has 34 heavy (non-hydrogen) atoms. The predicted octanol–water partition coefficient (Wildman–Crippen LogP) is 2.55. The molecule has 0 saturated carbocycles. The average molecular weight is 490 g/mol. The molecule has 10 nitrogen and oxygen atoms in total. The topological polar surface area (TPSA) is 119 Å². The Bertz CT molecular complexity index is 1330. The zero-order valence-corrected chi connectivity index (χ0v) is 20.7. The quantitative estimate of drug-likeness (QED) is 0.459. The molecular weight excluding hydrogens is 458 g/mol. The van der Waals surface area contributed by atoms with Crippen molar-refractivity contribution in [2.75, 3.05) is 32.9 Å². The van der Waals surface area contributed by atoms with Gasteiger partial charge in [0.25, 0.3) is 5.56 Å². The van der Waals surface area contributed by atoms with E-state index in [9.17, 15) is 13.2 Å². The van der Waals surface area contributed by atoms with Crippen molar-refractivity contribution < 1.29 is 17.9 Å². The van der Waals surface area contributed by atoms with Crippen LogP contribution in [0.25, 0.3) is 16.9 Å². The molecule has 1 aromatic carbocycles. The number of ether oxygens (including phenoxy) is 2. The summed E-state index contributed by atoms with van der Waals surface area (Å²) in [5.74, 6) is 1.38. The van der Waals surface area contributed by atoms with Crippen molar-refractivity contribution in [3.63, 3.8) is 0 Å². The minimum absolute atomic E-state index is 0.112. The molecule has 0 aliphatic carbocycles. The summed E-state index contributed by atoms with van der Waals surface area (Å²) >= 11 is 0. The fourth-order valence-electron chi connectivity index (χ4n) is 4.12. The van der Waals surface area contributed by atoms with Crippen LogP contribution in [0.15, 0.2) is 27.9 Å². The number of unbranched alkanes of at least 4 members (excludes halogenated alkanes) is 2. The number of sulfonamides is 1. The molecular formula is C23H31N5O5S. The van der Waals surface area contributed by atoms with Crippen molar-refractivity contribution in [3.05, 3.63) is 40.1 Å². The fourth-order valence-corrected chi connectivity index (χ4v) is 5.56. The minimum Gasteiger partial charge on any atom is -0.493 e. The van der Waals surface area contributed by atoms with Crippen molar-refractivity contribution in [1.29, 1.82) is 0 Å². The van der Waals surface area contributed by atoms with Crippen molar-refractivity contribution in [2.45, 2.75) is 51.3 Å². The highest BCUT2D eigenvalue weighted by molar-refractivity contribution is 7.89. The van der Waals surface area contributed by atoms with Gasteiger partial charge in [0.1, 0.15) is 11.6 Å². The third-order valence-corrected chi connectivity index (χ3v) is 7.76. The highest BCUT2D eigenvalue weighted by Crippen LogP contribution is 2.31. The van der Waals surface area contributed by atoms with Gasteiger partial charge in [0.05, 0.1) is 36.0 Å². The smallest absolute Gasteiger partial charge is 0.277 e. The summed E-state index contributed by atoms with van der Waals surface area (Å²) < 4.78 is 40.5. The molecule has 1 fully saturated rings. The summed E-state index contributed by atoms with van der Waals surface area (Å²) in [5, 5.41) is 4.67. The van der Waals surface area contributed by atoms with Gasteiger partial charge in [-0.25, -0.2) is 17.9 Å². The predicted molar refractivity (Wildman–Crippen MR) is 128 cm³/mol. The van der Waals surface area contributed by atoms with E-state index in [1.165, 1.54) is 16.4 Å². The van der Waals surface area contributed by atoms with Gasteiger partial charge >= 0.3 is 0 Å². The molecule has 3 aromatic rings. The van der Waals surface area contributed by atoms with Gasteiger partial charge in [-0.1, -0.05) is 19.8 Å². The summed E-state index contributed by atoms with van der Waals surface area (Å²) in [7, 11) is -3.74. The number of H-pyrrole nitrogens is 1. The molecule has 184 valence electrons. The van der Waals surface area contributed by atoms with Crippen LogP contribution >= 0.6 is 0 Å². The lowest BCUT2D eigenvalue weighted by molar-refractivity contribution is 0.0730. The van der Waals surface area contributed by atoms with E-state index in [4.69, 9.17) is 9.47 Å². The molecule has 1 aliphatic rings. The molecule has 0 bridgehead atoms. The lowest BCUT2D eigenvalue weighted by atomic mass is 10.2. The van der Waals surface area contributed by atoms with Gasteiger partial charge in [-0.15, -0.1) is 5.10 Å². The molecule has 1 N–H and O–H groups in total. The number of imidazole rings is 1. The zero-order valence-electron chi connectivity index (χ0n) is 19.8. The summed E-state index contributed by atoms with van der Waals surface area (Å²) in [6.07, 6.45) is 3.77.